The van der Waals surface area contributed by atoms with Crippen LogP contribution < -0.4 is 5.32 Å². The summed E-state index contributed by atoms with van der Waals surface area (Å²) in [6, 6.07) is 2.26. The summed E-state index contributed by atoms with van der Waals surface area (Å²) >= 11 is 0. The van der Waals surface area contributed by atoms with Crippen LogP contribution in [0.15, 0.2) is 12.3 Å². The molecule has 20 heavy (non-hydrogen) atoms. The van der Waals surface area contributed by atoms with Crippen molar-refractivity contribution in [2.45, 2.75) is 58.2 Å². The van der Waals surface area contributed by atoms with Gasteiger partial charge < -0.3 is 10.4 Å². The largest absolute Gasteiger partial charge is 0.392 e. The Bertz CT molecular complexity index is 607. The van der Waals surface area contributed by atoms with Crippen LogP contribution in [0.4, 0.5) is 0 Å². The smallest absolute Gasteiger partial charge is 0.234 e. The summed E-state index contributed by atoms with van der Waals surface area (Å²) in [5, 5.41) is 13.5. The summed E-state index contributed by atoms with van der Waals surface area (Å²) in [5.74, 6) is 0.753. The van der Waals surface area contributed by atoms with Gasteiger partial charge in [-0.25, -0.2) is 9.97 Å². The number of aryl methyl sites for hydroxylation is 2. The van der Waals surface area contributed by atoms with Crippen LogP contribution in [0.5, 0.6) is 0 Å². The zero-order valence-corrected chi connectivity index (χ0v) is 12.1. The van der Waals surface area contributed by atoms with Crippen molar-refractivity contribution in [2.24, 2.45) is 0 Å². The number of hydrogen-bond acceptors (Lipinski definition) is 4. The van der Waals surface area contributed by atoms with Gasteiger partial charge in [0.2, 0.25) is 5.78 Å². The lowest BCUT2D eigenvalue weighted by Gasteiger charge is -2.28. The molecule has 2 aromatic rings. The minimum atomic E-state index is -0.218. The Labute approximate surface area is 119 Å². The average molecular weight is 274 g/mol. The lowest BCUT2D eigenvalue weighted by molar-refractivity contribution is 0.0900. The van der Waals surface area contributed by atoms with Gasteiger partial charge in [0.05, 0.1) is 18.0 Å². The first-order valence-electron chi connectivity index (χ1n) is 7.37. The topological polar surface area (TPSA) is 62.5 Å². The van der Waals surface area contributed by atoms with E-state index in [4.69, 9.17) is 0 Å². The highest BCUT2D eigenvalue weighted by atomic mass is 16.3. The molecule has 0 radical (unpaired) electrons. The third-order valence-corrected chi connectivity index (χ3v) is 4.14. The van der Waals surface area contributed by atoms with Crippen molar-refractivity contribution < 1.29 is 5.11 Å². The van der Waals surface area contributed by atoms with Crippen LogP contribution >= 0.6 is 0 Å². The van der Waals surface area contributed by atoms with E-state index in [1.807, 2.05) is 13.1 Å². The van der Waals surface area contributed by atoms with E-state index in [2.05, 4.69) is 32.7 Å². The molecule has 0 aromatic carbocycles. The Balaban J connectivity index is 1.77. The minimum Gasteiger partial charge on any atom is -0.392 e. The molecule has 2 atom stereocenters. The Morgan fingerprint density at radius 1 is 1.35 bits per heavy atom. The molecule has 0 bridgehead atoms. The van der Waals surface area contributed by atoms with E-state index in [1.54, 1.807) is 0 Å². The van der Waals surface area contributed by atoms with Crippen LogP contribution in [0.1, 0.15) is 42.8 Å². The maximum atomic E-state index is 10.0. The molecule has 2 N–H and O–H groups in total. The molecule has 2 aromatic heterocycles. The molecular formula is C15H22N4O. The number of fused-ring (bicyclic) bond motifs is 1. The van der Waals surface area contributed by atoms with Gasteiger partial charge in [0.1, 0.15) is 0 Å². The molecule has 5 heteroatoms. The molecular weight excluding hydrogens is 252 g/mol. The second-order valence-corrected chi connectivity index (χ2v) is 5.76. The van der Waals surface area contributed by atoms with E-state index < -0.39 is 0 Å². The number of aliphatic hydroxyl groups is 1. The predicted octanol–water partition coefficient (Wildman–Crippen LogP) is 1.74. The molecule has 0 spiro atoms. The van der Waals surface area contributed by atoms with Crippen LogP contribution in [0, 0.1) is 13.8 Å². The first-order chi connectivity index (χ1) is 9.65. The van der Waals surface area contributed by atoms with E-state index in [0.29, 0.717) is 6.54 Å². The molecule has 0 saturated heterocycles. The van der Waals surface area contributed by atoms with Crippen LogP contribution in [0.3, 0.4) is 0 Å². The van der Waals surface area contributed by atoms with Crippen molar-refractivity contribution >= 4 is 5.78 Å². The zero-order valence-electron chi connectivity index (χ0n) is 12.1. The molecule has 1 saturated carbocycles. The summed E-state index contributed by atoms with van der Waals surface area (Å²) < 4.78 is 2.08. The number of imidazole rings is 1. The normalized spacial score (nSPS) is 23.4. The SMILES string of the molecule is Cc1cc(C)n2c(CNC3CCCCC3O)cnc2n1. The van der Waals surface area contributed by atoms with Gasteiger partial charge in [0.25, 0.3) is 0 Å². The van der Waals surface area contributed by atoms with E-state index in [9.17, 15) is 5.11 Å². The summed E-state index contributed by atoms with van der Waals surface area (Å²) in [6.45, 7) is 4.77. The molecule has 1 aliphatic carbocycles. The summed E-state index contributed by atoms with van der Waals surface area (Å²) in [4.78, 5) is 8.81. The average Bonchev–Trinajstić information content (AvgIpc) is 2.81. The molecule has 3 rings (SSSR count). The van der Waals surface area contributed by atoms with Gasteiger partial charge >= 0.3 is 0 Å². The lowest BCUT2D eigenvalue weighted by atomic mass is 9.92. The number of nitrogens with one attached hydrogen (secondary N) is 1. The van der Waals surface area contributed by atoms with Crippen molar-refractivity contribution in [3.05, 3.63) is 29.3 Å². The van der Waals surface area contributed by atoms with E-state index in [0.717, 1.165) is 42.1 Å². The number of rotatable bonds is 3. The number of nitrogens with zero attached hydrogens (tertiary/aromatic N) is 3. The monoisotopic (exact) mass is 274 g/mol. The summed E-state index contributed by atoms with van der Waals surface area (Å²) in [7, 11) is 0. The summed E-state index contributed by atoms with van der Waals surface area (Å²) in [5.41, 5.74) is 3.23. The van der Waals surface area contributed by atoms with Gasteiger partial charge in [-0.2, -0.15) is 0 Å². The Kier molecular flexibility index (Phi) is 3.72. The van der Waals surface area contributed by atoms with Gasteiger partial charge in [0, 0.05) is 24.0 Å². The lowest BCUT2D eigenvalue weighted by Crippen LogP contribution is -2.41. The number of hydrogen-bond donors (Lipinski definition) is 2. The van der Waals surface area contributed by atoms with Gasteiger partial charge in [-0.3, -0.25) is 4.40 Å². The minimum absolute atomic E-state index is 0.202. The van der Waals surface area contributed by atoms with Crippen molar-refractivity contribution in [1.82, 2.24) is 19.7 Å². The first kappa shape index (κ1) is 13.5. The second kappa shape index (κ2) is 5.50. The summed E-state index contributed by atoms with van der Waals surface area (Å²) in [6.07, 6.45) is 5.94. The van der Waals surface area contributed by atoms with Crippen molar-refractivity contribution in [3.63, 3.8) is 0 Å². The molecule has 5 nitrogen and oxygen atoms in total. The molecule has 1 fully saturated rings. The van der Waals surface area contributed by atoms with Gasteiger partial charge in [-0.1, -0.05) is 12.8 Å². The highest BCUT2D eigenvalue weighted by molar-refractivity contribution is 5.35. The third-order valence-electron chi connectivity index (χ3n) is 4.14. The van der Waals surface area contributed by atoms with Crippen LogP contribution in [-0.2, 0) is 6.54 Å². The van der Waals surface area contributed by atoms with E-state index in [-0.39, 0.29) is 12.1 Å². The molecule has 0 amide bonds. The van der Waals surface area contributed by atoms with Gasteiger partial charge in [-0.15, -0.1) is 0 Å². The molecule has 2 heterocycles. The number of aromatic nitrogens is 3. The van der Waals surface area contributed by atoms with Crippen molar-refractivity contribution in [3.8, 4) is 0 Å². The number of aliphatic hydroxyl groups excluding tert-OH is 1. The Morgan fingerprint density at radius 2 is 2.15 bits per heavy atom. The Morgan fingerprint density at radius 3 is 2.95 bits per heavy atom. The van der Waals surface area contributed by atoms with E-state index in [1.165, 1.54) is 6.42 Å². The maximum absolute atomic E-state index is 10.0. The molecule has 0 aliphatic heterocycles. The highest BCUT2D eigenvalue weighted by Gasteiger charge is 2.22. The first-order valence-corrected chi connectivity index (χ1v) is 7.37. The van der Waals surface area contributed by atoms with Crippen molar-refractivity contribution in [2.75, 3.05) is 0 Å². The highest BCUT2D eigenvalue weighted by Crippen LogP contribution is 2.19. The fraction of sp³-hybridized carbons (Fsp3) is 0.600. The molecule has 1 aliphatic rings. The second-order valence-electron chi connectivity index (χ2n) is 5.76. The molecule has 2 unspecified atom stereocenters. The quantitative estimate of drug-likeness (QED) is 0.895. The standard InChI is InChI=1S/C15H22N4O/c1-10-7-11(2)19-12(9-17-15(19)18-10)8-16-13-5-3-4-6-14(13)20/h7,9,13-14,16,20H,3-6,8H2,1-2H3. The van der Waals surface area contributed by atoms with Gasteiger partial charge in [0.15, 0.2) is 0 Å². The van der Waals surface area contributed by atoms with Crippen LogP contribution in [-0.4, -0.2) is 31.6 Å². The maximum Gasteiger partial charge on any atom is 0.234 e. The van der Waals surface area contributed by atoms with Gasteiger partial charge in [-0.05, 0) is 32.8 Å². The van der Waals surface area contributed by atoms with Crippen LogP contribution in [0.25, 0.3) is 5.78 Å². The van der Waals surface area contributed by atoms with Crippen LogP contribution in [0.2, 0.25) is 0 Å². The zero-order chi connectivity index (χ0) is 14.1. The van der Waals surface area contributed by atoms with Crippen molar-refractivity contribution in [1.29, 1.82) is 0 Å². The predicted molar refractivity (Wildman–Crippen MR) is 77.6 cm³/mol. The fourth-order valence-corrected chi connectivity index (χ4v) is 3.11. The molecule has 108 valence electrons. The Hall–Kier alpha value is -1.46. The fourth-order valence-electron chi connectivity index (χ4n) is 3.11. The van der Waals surface area contributed by atoms with E-state index >= 15 is 0 Å². The third kappa shape index (κ3) is 2.55.